The van der Waals surface area contributed by atoms with E-state index < -0.39 is 11.8 Å². The van der Waals surface area contributed by atoms with Crippen LogP contribution < -0.4 is 0 Å². The molecular formula is C15H21NO4. The molecule has 1 aliphatic rings. The molecule has 0 aliphatic carbocycles. The first-order valence-corrected chi connectivity index (χ1v) is 6.39. The maximum atomic E-state index is 11.8. The van der Waals surface area contributed by atoms with Crippen molar-refractivity contribution >= 4 is 11.9 Å². The molecule has 1 fully saturated rings. The Bertz CT molecular complexity index is 404. The summed E-state index contributed by atoms with van der Waals surface area (Å²) in [6, 6.07) is 0. The fourth-order valence-corrected chi connectivity index (χ4v) is 2.39. The molecule has 2 atom stereocenters. The second kappa shape index (κ2) is 7.65. The average molecular weight is 279 g/mol. The number of esters is 2. The number of rotatable bonds is 6. The Hall–Kier alpha value is -1.88. The minimum atomic E-state index is -0.484. The summed E-state index contributed by atoms with van der Waals surface area (Å²) in [5.41, 5.74) is 0.981. The van der Waals surface area contributed by atoms with Crippen molar-refractivity contribution in [2.24, 2.45) is 11.8 Å². The first kappa shape index (κ1) is 16.2. The van der Waals surface area contributed by atoms with E-state index in [1.54, 1.807) is 12.2 Å². The number of ether oxygens (including phenoxy) is 2. The highest BCUT2D eigenvalue weighted by Crippen LogP contribution is 2.26. The number of nitrogens with zero attached hydrogens (tertiary/aromatic N) is 1. The van der Waals surface area contributed by atoms with Gasteiger partial charge in [0.1, 0.15) is 0 Å². The Morgan fingerprint density at radius 3 is 2.00 bits per heavy atom. The molecule has 5 nitrogen and oxygen atoms in total. The van der Waals surface area contributed by atoms with Gasteiger partial charge in [-0.05, 0) is 5.57 Å². The van der Waals surface area contributed by atoms with E-state index in [0.29, 0.717) is 19.6 Å². The van der Waals surface area contributed by atoms with Crippen molar-refractivity contribution < 1.29 is 19.1 Å². The van der Waals surface area contributed by atoms with Gasteiger partial charge in [0.25, 0.3) is 0 Å². The van der Waals surface area contributed by atoms with Gasteiger partial charge in [0.05, 0.1) is 26.1 Å². The topological polar surface area (TPSA) is 55.8 Å². The molecule has 0 spiro atoms. The van der Waals surface area contributed by atoms with Crippen LogP contribution in [0.5, 0.6) is 0 Å². The Morgan fingerprint density at radius 2 is 1.65 bits per heavy atom. The van der Waals surface area contributed by atoms with E-state index >= 15 is 0 Å². The maximum absolute atomic E-state index is 11.8. The first-order chi connectivity index (χ1) is 9.57. The Morgan fingerprint density at radius 1 is 1.15 bits per heavy atom. The molecule has 1 rings (SSSR count). The van der Waals surface area contributed by atoms with Crippen LogP contribution in [0.25, 0.3) is 0 Å². The number of allylic oxidation sites excluding steroid dienone is 2. The third kappa shape index (κ3) is 3.81. The molecule has 5 heteroatoms. The van der Waals surface area contributed by atoms with E-state index in [1.165, 1.54) is 14.2 Å². The summed E-state index contributed by atoms with van der Waals surface area (Å²) < 4.78 is 9.52. The van der Waals surface area contributed by atoms with Crippen molar-refractivity contribution in [3.63, 3.8) is 0 Å². The SMILES string of the molecule is C=C/C=C(\C=C)CN1CC(C(=O)OC)C(C(=O)OC)C1. The molecule has 0 radical (unpaired) electrons. The summed E-state index contributed by atoms with van der Waals surface area (Å²) in [5.74, 6) is -1.73. The fourth-order valence-electron chi connectivity index (χ4n) is 2.39. The third-order valence-electron chi connectivity index (χ3n) is 3.40. The maximum Gasteiger partial charge on any atom is 0.310 e. The third-order valence-corrected chi connectivity index (χ3v) is 3.40. The molecule has 1 aliphatic heterocycles. The Labute approximate surface area is 119 Å². The molecule has 110 valence electrons. The summed E-state index contributed by atoms with van der Waals surface area (Å²) in [5, 5.41) is 0. The van der Waals surface area contributed by atoms with Crippen molar-refractivity contribution in [1.29, 1.82) is 0 Å². The predicted octanol–water partition coefficient (Wildman–Crippen LogP) is 1.18. The smallest absolute Gasteiger partial charge is 0.310 e. The van der Waals surface area contributed by atoms with E-state index in [2.05, 4.69) is 13.2 Å². The molecular weight excluding hydrogens is 258 g/mol. The van der Waals surface area contributed by atoms with E-state index in [1.807, 2.05) is 11.0 Å². The van der Waals surface area contributed by atoms with Crippen LogP contribution in [0.2, 0.25) is 0 Å². The minimum Gasteiger partial charge on any atom is -0.469 e. The van der Waals surface area contributed by atoms with Crippen molar-refractivity contribution in [2.45, 2.75) is 0 Å². The van der Waals surface area contributed by atoms with Gasteiger partial charge < -0.3 is 9.47 Å². The molecule has 0 aromatic carbocycles. The number of hydrogen-bond acceptors (Lipinski definition) is 5. The number of carbonyl (C=O) groups excluding carboxylic acids is 2. The van der Waals surface area contributed by atoms with Crippen molar-refractivity contribution in [3.8, 4) is 0 Å². The van der Waals surface area contributed by atoms with Crippen LogP contribution in [0.1, 0.15) is 0 Å². The van der Waals surface area contributed by atoms with E-state index in [4.69, 9.17) is 9.47 Å². The van der Waals surface area contributed by atoms with Gasteiger partial charge in [-0.25, -0.2) is 0 Å². The van der Waals surface area contributed by atoms with E-state index in [-0.39, 0.29) is 11.9 Å². The van der Waals surface area contributed by atoms with Gasteiger partial charge in [0.15, 0.2) is 0 Å². The molecule has 0 amide bonds. The van der Waals surface area contributed by atoms with Crippen LogP contribution in [0.15, 0.2) is 37.0 Å². The van der Waals surface area contributed by atoms with Crippen molar-refractivity contribution in [1.82, 2.24) is 4.90 Å². The van der Waals surface area contributed by atoms with Gasteiger partial charge in [-0.2, -0.15) is 0 Å². The monoisotopic (exact) mass is 279 g/mol. The molecule has 0 aromatic rings. The van der Waals surface area contributed by atoms with E-state index in [0.717, 1.165) is 5.57 Å². The summed E-state index contributed by atoms with van der Waals surface area (Å²) >= 11 is 0. The standard InChI is InChI=1S/C15H21NO4/c1-5-7-11(6-2)8-16-9-12(14(17)19-3)13(10-16)15(18)20-4/h5-7,12-13H,1-2,8-10H2,3-4H3/b11-7+. The Balaban J connectivity index is 2.81. The molecule has 0 aromatic heterocycles. The highest BCUT2D eigenvalue weighted by Gasteiger charge is 2.43. The molecule has 2 unspecified atom stereocenters. The van der Waals surface area contributed by atoms with Gasteiger partial charge in [-0.1, -0.05) is 31.4 Å². The first-order valence-electron chi connectivity index (χ1n) is 6.39. The van der Waals surface area contributed by atoms with Gasteiger partial charge in [0, 0.05) is 19.6 Å². The predicted molar refractivity (Wildman–Crippen MR) is 75.9 cm³/mol. The largest absolute Gasteiger partial charge is 0.469 e. The van der Waals surface area contributed by atoms with Gasteiger partial charge in [0.2, 0.25) is 0 Å². The van der Waals surface area contributed by atoms with Gasteiger partial charge in [-0.3, -0.25) is 14.5 Å². The fraction of sp³-hybridized carbons (Fsp3) is 0.467. The second-order valence-corrected chi connectivity index (χ2v) is 4.63. The van der Waals surface area contributed by atoms with Crippen LogP contribution in [0.3, 0.4) is 0 Å². The molecule has 0 bridgehead atoms. The van der Waals surface area contributed by atoms with E-state index in [9.17, 15) is 9.59 Å². The zero-order valence-electron chi connectivity index (χ0n) is 12.0. The molecule has 0 saturated carbocycles. The molecule has 20 heavy (non-hydrogen) atoms. The summed E-state index contributed by atoms with van der Waals surface area (Å²) in [7, 11) is 2.65. The summed E-state index contributed by atoms with van der Waals surface area (Å²) in [4.78, 5) is 25.5. The summed E-state index contributed by atoms with van der Waals surface area (Å²) in [6.07, 6.45) is 5.27. The highest BCUT2D eigenvalue weighted by atomic mass is 16.5. The zero-order valence-corrected chi connectivity index (χ0v) is 12.0. The quantitative estimate of drug-likeness (QED) is 0.540. The van der Waals surface area contributed by atoms with Crippen LogP contribution in [0, 0.1) is 11.8 Å². The normalized spacial score (nSPS) is 23.2. The Kier molecular flexibility index (Phi) is 6.18. The van der Waals surface area contributed by atoms with Gasteiger partial charge >= 0.3 is 11.9 Å². The van der Waals surface area contributed by atoms with Crippen LogP contribution in [0.4, 0.5) is 0 Å². The van der Waals surface area contributed by atoms with Crippen molar-refractivity contribution in [2.75, 3.05) is 33.9 Å². The second-order valence-electron chi connectivity index (χ2n) is 4.63. The van der Waals surface area contributed by atoms with Crippen LogP contribution in [-0.2, 0) is 19.1 Å². The molecule has 1 heterocycles. The van der Waals surface area contributed by atoms with Crippen LogP contribution >= 0.6 is 0 Å². The van der Waals surface area contributed by atoms with Gasteiger partial charge in [-0.15, -0.1) is 0 Å². The number of carbonyl (C=O) groups is 2. The van der Waals surface area contributed by atoms with Crippen molar-refractivity contribution in [3.05, 3.63) is 37.0 Å². The molecule has 1 saturated heterocycles. The molecule has 0 N–H and O–H groups in total. The van der Waals surface area contributed by atoms with Crippen LogP contribution in [-0.4, -0.2) is 50.7 Å². The number of likely N-dealkylation sites (tertiary alicyclic amines) is 1. The highest BCUT2D eigenvalue weighted by molar-refractivity contribution is 5.83. The summed E-state index contributed by atoms with van der Waals surface area (Å²) in [6.45, 7) is 8.92. The zero-order chi connectivity index (χ0) is 15.1. The average Bonchev–Trinajstić information content (AvgIpc) is 2.88. The lowest BCUT2D eigenvalue weighted by atomic mass is 9.96. The lowest BCUT2D eigenvalue weighted by Crippen LogP contribution is -2.30. The minimum absolute atomic E-state index is 0.379. The lowest BCUT2D eigenvalue weighted by molar-refractivity contribution is -0.155. The lowest BCUT2D eigenvalue weighted by Gasteiger charge is -2.15. The number of methoxy groups -OCH3 is 2. The number of hydrogen-bond donors (Lipinski definition) is 0.